The summed E-state index contributed by atoms with van der Waals surface area (Å²) in [5, 5.41) is 1.38. The maximum absolute atomic E-state index is 12.3. The predicted octanol–water partition coefficient (Wildman–Crippen LogP) is 4.10. The van der Waals surface area contributed by atoms with Gasteiger partial charge < -0.3 is 4.90 Å². The second-order valence-corrected chi connectivity index (χ2v) is 6.22. The topological polar surface area (TPSA) is 20.3 Å². The van der Waals surface area contributed by atoms with E-state index in [0.29, 0.717) is 16.6 Å². The number of carbonyl (C=O) groups is 1. The lowest BCUT2D eigenvalue weighted by atomic mass is 10.2. The van der Waals surface area contributed by atoms with Crippen LogP contribution in [-0.4, -0.2) is 28.7 Å². The normalized spacial score (nSPS) is 14.8. The molecule has 0 aromatic heterocycles. The molecular weight excluding hydrogens is 369 g/mol. The maximum atomic E-state index is 12.3. The van der Waals surface area contributed by atoms with Crippen LogP contribution in [-0.2, 0) is 0 Å². The molecule has 0 radical (unpaired) electrons. The average Bonchev–Trinajstić information content (AvgIpc) is 3.07. The molecule has 0 unspecified atom stereocenters. The molecule has 2 nitrogen and oxygen atoms in total. The van der Waals surface area contributed by atoms with Gasteiger partial charge in [-0.2, -0.15) is 0 Å². The third-order valence-corrected chi connectivity index (χ3v) is 3.71. The van der Waals surface area contributed by atoms with Crippen molar-refractivity contribution in [3.63, 3.8) is 0 Å². The van der Waals surface area contributed by atoms with E-state index in [4.69, 9.17) is 11.6 Å². The predicted molar refractivity (Wildman–Crippen MR) is 77.0 cm³/mol. The fourth-order valence-corrected chi connectivity index (χ4v) is 3.01. The van der Waals surface area contributed by atoms with Gasteiger partial charge >= 0.3 is 0 Å². The van der Waals surface area contributed by atoms with E-state index in [-0.39, 0.29) is 5.91 Å². The summed E-state index contributed by atoms with van der Waals surface area (Å²) in [6, 6.07) is 5.73. The number of halogens is 3. The Morgan fingerprint density at radius 3 is 2.65 bits per heavy atom. The van der Waals surface area contributed by atoms with Crippen LogP contribution in [0.3, 0.4) is 0 Å². The van der Waals surface area contributed by atoms with Gasteiger partial charge in [-0.15, -0.1) is 0 Å². The number of carbonyl (C=O) groups excluding carboxylic acids is 1. The molecule has 5 heteroatoms. The van der Waals surface area contributed by atoms with Gasteiger partial charge in [-0.25, -0.2) is 0 Å². The van der Waals surface area contributed by atoms with Crippen LogP contribution < -0.4 is 0 Å². The van der Waals surface area contributed by atoms with E-state index in [1.165, 1.54) is 0 Å². The Balaban J connectivity index is 2.21. The van der Waals surface area contributed by atoms with Gasteiger partial charge in [0.05, 0.1) is 0 Å². The molecule has 1 fully saturated rings. The van der Waals surface area contributed by atoms with Crippen LogP contribution in [0.15, 0.2) is 22.7 Å². The zero-order valence-electron chi connectivity index (χ0n) is 9.13. The molecule has 1 saturated carbocycles. The molecular formula is C12H12Br2ClNO. The molecule has 0 aliphatic heterocycles. The monoisotopic (exact) mass is 379 g/mol. The minimum Gasteiger partial charge on any atom is -0.335 e. The van der Waals surface area contributed by atoms with Crippen molar-refractivity contribution in [2.45, 2.75) is 18.9 Å². The number of hydrogen-bond acceptors (Lipinski definition) is 1. The molecule has 1 aliphatic rings. The summed E-state index contributed by atoms with van der Waals surface area (Å²) in [4.78, 5) is 14.3. The maximum Gasteiger partial charge on any atom is 0.254 e. The number of benzene rings is 1. The molecule has 1 aromatic carbocycles. The average molecular weight is 381 g/mol. The van der Waals surface area contributed by atoms with E-state index in [1.807, 2.05) is 11.0 Å². The molecule has 0 spiro atoms. The third kappa shape index (κ3) is 3.46. The zero-order chi connectivity index (χ0) is 12.4. The summed E-state index contributed by atoms with van der Waals surface area (Å²) in [6.45, 7) is 0.744. The molecule has 17 heavy (non-hydrogen) atoms. The van der Waals surface area contributed by atoms with Crippen LogP contribution in [0.2, 0.25) is 5.02 Å². The van der Waals surface area contributed by atoms with Crippen LogP contribution in [0.4, 0.5) is 0 Å². The van der Waals surface area contributed by atoms with Gasteiger partial charge in [0.1, 0.15) is 0 Å². The first-order valence-electron chi connectivity index (χ1n) is 5.45. The Hall–Kier alpha value is -0.0600. The molecule has 1 amide bonds. The van der Waals surface area contributed by atoms with Crippen molar-refractivity contribution in [3.8, 4) is 0 Å². The molecule has 0 atom stereocenters. The second kappa shape index (κ2) is 5.72. The second-order valence-electron chi connectivity index (χ2n) is 4.08. The molecule has 2 rings (SSSR count). The number of alkyl halides is 1. The van der Waals surface area contributed by atoms with Crippen LogP contribution in [0.1, 0.15) is 23.2 Å². The summed E-state index contributed by atoms with van der Waals surface area (Å²) in [5.41, 5.74) is 0.650. The highest BCUT2D eigenvalue weighted by Crippen LogP contribution is 2.29. The van der Waals surface area contributed by atoms with E-state index in [0.717, 1.165) is 29.2 Å². The molecule has 1 aromatic rings. The largest absolute Gasteiger partial charge is 0.335 e. The van der Waals surface area contributed by atoms with E-state index < -0.39 is 0 Å². The lowest BCUT2D eigenvalue weighted by molar-refractivity contribution is 0.0754. The Morgan fingerprint density at radius 2 is 2.12 bits per heavy atom. The fourth-order valence-electron chi connectivity index (χ4n) is 1.77. The number of rotatable bonds is 4. The van der Waals surface area contributed by atoms with E-state index in [9.17, 15) is 4.79 Å². The van der Waals surface area contributed by atoms with Crippen molar-refractivity contribution in [1.82, 2.24) is 4.90 Å². The molecule has 0 saturated heterocycles. The fraction of sp³-hybridized carbons (Fsp3) is 0.417. The quantitative estimate of drug-likeness (QED) is 0.719. The third-order valence-electron chi connectivity index (χ3n) is 2.68. The lowest BCUT2D eigenvalue weighted by Gasteiger charge is -2.21. The van der Waals surface area contributed by atoms with Crippen molar-refractivity contribution in [1.29, 1.82) is 0 Å². The van der Waals surface area contributed by atoms with E-state index >= 15 is 0 Å². The Morgan fingerprint density at radius 1 is 1.41 bits per heavy atom. The van der Waals surface area contributed by atoms with Crippen molar-refractivity contribution in [2.24, 2.45) is 0 Å². The van der Waals surface area contributed by atoms with Gasteiger partial charge in [-0.3, -0.25) is 4.79 Å². The van der Waals surface area contributed by atoms with Gasteiger partial charge in [0, 0.05) is 33.0 Å². The zero-order valence-corrected chi connectivity index (χ0v) is 13.1. The van der Waals surface area contributed by atoms with Crippen LogP contribution in [0, 0.1) is 0 Å². The van der Waals surface area contributed by atoms with Crippen molar-refractivity contribution < 1.29 is 4.79 Å². The lowest BCUT2D eigenvalue weighted by Crippen LogP contribution is -2.34. The Kier molecular flexibility index (Phi) is 4.50. The van der Waals surface area contributed by atoms with Gasteiger partial charge in [0.25, 0.3) is 5.91 Å². The molecule has 0 heterocycles. The minimum absolute atomic E-state index is 0.0650. The van der Waals surface area contributed by atoms with E-state index in [1.54, 1.807) is 12.1 Å². The summed E-state index contributed by atoms with van der Waals surface area (Å²) in [5.74, 6) is 0.0650. The van der Waals surface area contributed by atoms with Crippen LogP contribution in [0.5, 0.6) is 0 Å². The number of amides is 1. The van der Waals surface area contributed by atoms with Crippen LogP contribution in [0.25, 0.3) is 0 Å². The van der Waals surface area contributed by atoms with Gasteiger partial charge in [-0.1, -0.05) is 43.5 Å². The van der Waals surface area contributed by atoms with E-state index in [2.05, 4.69) is 31.9 Å². The first kappa shape index (κ1) is 13.4. The minimum atomic E-state index is 0.0650. The summed E-state index contributed by atoms with van der Waals surface area (Å²) in [7, 11) is 0. The number of hydrogen-bond donors (Lipinski definition) is 0. The smallest absolute Gasteiger partial charge is 0.254 e. The highest BCUT2D eigenvalue weighted by molar-refractivity contribution is 9.10. The molecule has 92 valence electrons. The van der Waals surface area contributed by atoms with Crippen molar-refractivity contribution >= 4 is 49.4 Å². The SMILES string of the molecule is O=C(c1cc(Cl)cc(Br)c1)N(CCBr)C1CC1. The number of nitrogens with zero attached hydrogens (tertiary/aromatic N) is 1. The highest BCUT2D eigenvalue weighted by atomic mass is 79.9. The molecule has 1 aliphatic carbocycles. The molecule has 0 N–H and O–H groups in total. The molecule has 0 bridgehead atoms. The van der Waals surface area contributed by atoms with Crippen molar-refractivity contribution in [2.75, 3.05) is 11.9 Å². The standard InChI is InChI=1S/C12H12Br2ClNO/c13-3-4-16(11-1-2-11)12(17)8-5-9(14)7-10(15)6-8/h5-7,11H,1-4H2. The van der Waals surface area contributed by atoms with Gasteiger partial charge in [0.15, 0.2) is 0 Å². The first-order valence-corrected chi connectivity index (χ1v) is 7.74. The Labute approximate surface area is 123 Å². The van der Waals surface area contributed by atoms with Gasteiger partial charge in [0.2, 0.25) is 0 Å². The summed E-state index contributed by atoms with van der Waals surface area (Å²) < 4.78 is 0.836. The van der Waals surface area contributed by atoms with Gasteiger partial charge in [-0.05, 0) is 31.0 Å². The summed E-state index contributed by atoms with van der Waals surface area (Å²) >= 11 is 12.7. The first-order chi connectivity index (χ1) is 8.11. The van der Waals surface area contributed by atoms with Crippen LogP contribution >= 0.6 is 43.5 Å². The van der Waals surface area contributed by atoms with Crippen molar-refractivity contribution in [3.05, 3.63) is 33.3 Å². The Bertz CT molecular complexity index is 414. The summed E-state index contributed by atoms with van der Waals surface area (Å²) in [6.07, 6.45) is 2.22. The highest BCUT2D eigenvalue weighted by Gasteiger charge is 2.32.